The van der Waals surface area contributed by atoms with Crippen LogP contribution < -0.4 is 10.6 Å². The van der Waals surface area contributed by atoms with Crippen molar-refractivity contribution in [1.29, 1.82) is 0 Å². The molecule has 2 fully saturated rings. The maximum absolute atomic E-state index is 12.4. The third-order valence-corrected chi connectivity index (χ3v) is 5.15. The Hall–Kier alpha value is -1.10. The average Bonchev–Trinajstić information content (AvgIpc) is 2.95. The van der Waals surface area contributed by atoms with Crippen LogP contribution in [0.15, 0.2) is 0 Å². The molecular weight excluding hydrogens is 256 g/mol. The first-order chi connectivity index (χ1) is 9.57. The maximum Gasteiger partial charge on any atom is 0.306 e. The summed E-state index contributed by atoms with van der Waals surface area (Å²) in [5.41, 5.74) is -0.224. The lowest BCUT2D eigenvalue weighted by Gasteiger charge is -2.29. The van der Waals surface area contributed by atoms with E-state index in [1.807, 2.05) is 0 Å². The van der Waals surface area contributed by atoms with E-state index in [0.717, 1.165) is 51.6 Å². The minimum Gasteiger partial charge on any atom is -0.481 e. The van der Waals surface area contributed by atoms with E-state index >= 15 is 0 Å². The van der Waals surface area contributed by atoms with Crippen molar-refractivity contribution >= 4 is 11.9 Å². The first-order valence-electron chi connectivity index (χ1n) is 7.79. The number of nitrogens with one attached hydrogen (secondary N) is 2. The highest BCUT2D eigenvalue weighted by atomic mass is 16.4. The Morgan fingerprint density at radius 1 is 1.30 bits per heavy atom. The van der Waals surface area contributed by atoms with Crippen LogP contribution in [0.25, 0.3) is 0 Å². The van der Waals surface area contributed by atoms with Gasteiger partial charge in [-0.25, -0.2) is 0 Å². The van der Waals surface area contributed by atoms with Crippen LogP contribution in [-0.4, -0.2) is 36.6 Å². The molecule has 1 saturated heterocycles. The molecule has 2 aliphatic rings. The Labute approximate surface area is 120 Å². The molecule has 1 unspecified atom stereocenters. The quantitative estimate of drug-likeness (QED) is 0.712. The summed E-state index contributed by atoms with van der Waals surface area (Å²) in [6.07, 6.45) is 5.11. The van der Waals surface area contributed by atoms with E-state index in [4.69, 9.17) is 5.11 Å². The first kappa shape index (κ1) is 15.3. The number of aliphatic carboxylic acids is 1. The van der Waals surface area contributed by atoms with Crippen LogP contribution in [0.1, 0.15) is 45.4 Å². The lowest BCUT2D eigenvalue weighted by molar-refractivity contribution is -0.143. The molecule has 0 aromatic heterocycles. The van der Waals surface area contributed by atoms with Gasteiger partial charge in [0.2, 0.25) is 5.91 Å². The Morgan fingerprint density at radius 2 is 2.00 bits per heavy atom. The van der Waals surface area contributed by atoms with Crippen LogP contribution in [0.5, 0.6) is 0 Å². The van der Waals surface area contributed by atoms with Crippen molar-refractivity contribution in [2.45, 2.75) is 45.4 Å². The summed E-state index contributed by atoms with van der Waals surface area (Å²) in [6.45, 7) is 4.48. The number of hydrogen-bond acceptors (Lipinski definition) is 3. The standard InChI is InChI=1S/C15H26N2O3/c1-2-15(7-8-16-10-15)14(20)17-9-11-3-5-12(6-4-11)13(18)19/h11-12,16H,2-10H2,1H3,(H,17,20)(H,18,19). The minimum atomic E-state index is -0.672. The van der Waals surface area contributed by atoms with E-state index in [0.29, 0.717) is 12.5 Å². The van der Waals surface area contributed by atoms with E-state index in [9.17, 15) is 9.59 Å². The molecule has 0 spiro atoms. The van der Waals surface area contributed by atoms with Gasteiger partial charge in [0.05, 0.1) is 11.3 Å². The van der Waals surface area contributed by atoms with Crippen LogP contribution in [0.4, 0.5) is 0 Å². The third-order valence-electron chi connectivity index (χ3n) is 5.15. The number of carbonyl (C=O) groups is 2. The van der Waals surface area contributed by atoms with Crippen molar-refractivity contribution in [1.82, 2.24) is 10.6 Å². The zero-order valence-electron chi connectivity index (χ0n) is 12.3. The molecule has 0 aromatic carbocycles. The summed E-state index contributed by atoms with van der Waals surface area (Å²) in [6, 6.07) is 0. The van der Waals surface area contributed by atoms with Crippen molar-refractivity contribution in [2.75, 3.05) is 19.6 Å². The molecule has 1 aliphatic heterocycles. The van der Waals surface area contributed by atoms with Gasteiger partial charge in [0.25, 0.3) is 0 Å². The minimum absolute atomic E-state index is 0.172. The number of carboxylic acids is 1. The fourth-order valence-electron chi connectivity index (χ4n) is 3.44. The van der Waals surface area contributed by atoms with Crippen molar-refractivity contribution < 1.29 is 14.7 Å². The molecule has 5 nitrogen and oxygen atoms in total. The lowest BCUT2D eigenvalue weighted by atomic mass is 9.81. The van der Waals surface area contributed by atoms with Crippen molar-refractivity contribution in [3.8, 4) is 0 Å². The molecule has 5 heteroatoms. The van der Waals surface area contributed by atoms with Crippen molar-refractivity contribution in [2.24, 2.45) is 17.3 Å². The van der Waals surface area contributed by atoms with Gasteiger partial charge in [-0.15, -0.1) is 0 Å². The molecule has 0 aromatic rings. The number of amides is 1. The molecule has 1 saturated carbocycles. The Bertz CT molecular complexity index is 356. The highest BCUT2D eigenvalue weighted by molar-refractivity contribution is 5.83. The smallest absolute Gasteiger partial charge is 0.306 e. The second-order valence-corrected chi connectivity index (χ2v) is 6.33. The van der Waals surface area contributed by atoms with Crippen molar-refractivity contribution in [3.05, 3.63) is 0 Å². The van der Waals surface area contributed by atoms with E-state index in [2.05, 4.69) is 17.6 Å². The van der Waals surface area contributed by atoms with Gasteiger partial charge in [0.15, 0.2) is 0 Å². The van der Waals surface area contributed by atoms with Crippen molar-refractivity contribution in [3.63, 3.8) is 0 Å². The Balaban J connectivity index is 1.76. The van der Waals surface area contributed by atoms with Gasteiger partial charge in [-0.05, 0) is 51.0 Å². The van der Waals surface area contributed by atoms with Gasteiger partial charge >= 0.3 is 5.97 Å². The maximum atomic E-state index is 12.4. The zero-order valence-corrected chi connectivity index (χ0v) is 12.3. The van der Waals surface area contributed by atoms with E-state index in [1.54, 1.807) is 0 Å². The molecule has 2 rings (SSSR count). The summed E-state index contributed by atoms with van der Waals surface area (Å²) < 4.78 is 0. The lowest BCUT2D eigenvalue weighted by Crippen LogP contribution is -2.44. The van der Waals surface area contributed by atoms with E-state index in [-0.39, 0.29) is 17.2 Å². The number of hydrogen-bond donors (Lipinski definition) is 3. The molecule has 20 heavy (non-hydrogen) atoms. The topological polar surface area (TPSA) is 78.4 Å². The second kappa shape index (κ2) is 6.57. The van der Waals surface area contributed by atoms with Crippen LogP contribution in [0, 0.1) is 17.3 Å². The third kappa shape index (κ3) is 3.32. The molecule has 3 N–H and O–H groups in total. The van der Waals surface area contributed by atoms with E-state index < -0.39 is 5.97 Å². The number of carboxylic acid groups (broad SMARTS) is 1. The van der Waals surface area contributed by atoms with Gasteiger partial charge < -0.3 is 15.7 Å². The molecule has 114 valence electrons. The summed E-state index contributed by atoms with van der Waals surface area (Å²) >= 11 is 0. The fourth-order valence-corrected chi connectivity index (χ4v) is 3.44. The Kier molecular flexibility index (Phi) is 5.02. The summed E-state index contributed by atoms with van der Waals surface area (Å²) in [5.74, 6) is -0.236. The molecule has 0 bridgehead atoms. The zero-order chi connectivity index (χ0) is 14.6. The normalized spacial score (nSPS) is 33.9. The second-order valence-electron chi connectivity index (χ2n) is 6.33. The average molecular weight is 282 g/mol. The number of rotatable bonds is 5. The Morgan fingerprint density at radius 3 is 2.50 bits per heavy atom. The van der Waals surface area contributed by atoms with Gasteiger partial charge in [0.1, 0.15) is 0 Å². The monoisotopic (exact) mass is 282 g/mol. The summed E-state index contributed by atoms with van der Waals surface area (Å²) in [4.78, 5) is 23.3. The van der Waals surface area contributed by atoms with Crippen LogP contribution >= 0.6 is 0 Å². The fraction of sp³-hybridized carbons (Fsp3) is 0.867. The molecule has 1 aliphatic carbocycles. The molecule has 1 amide bonds. The van der Waals surface area contributed by atoms with Gasteiger partial charge in [0, 0.05) is 13.1 Å². The predicted molar refractivity (Wildman–Crippen MR) is 76.3 cm³/mol. The van der Waals surface area contributed by atoms with Crippen LogP contribution in [0.2, 0.25) is 0 Å². The van der Waals surface area contributed by atoms with Crippen LogP contribution in [0.3, 0.4) is 0 Å². The van der Waals surface area contributed by atoms with Gasteiger partial charge in [-0.3, -0.25) is 9.59 Å². The SMILES string of the molecule is CCC1(C(=O)NCC2CCC(C(=O)O)CC2)CCNC1. The largest absolute Gasteiger partial charge is 0.481 e. The highest BCUT2D eigenvalue weighted by Gasteiger charge is 2.39. The first-order valence-corrected chi connectivity index (χ1v) is 7.79. The van der Waals surface area contributed by atoms with Gasteiger partial charge in [-0.1, -0.05) is 6.92 Å². The highest BCUT2D eigenvalue weighted by Crippen LogP contribution is 2.31. The molecular formula is C15H26N2O3. The molecule has 1 atom stereocenters. The van der Waals surface area contributed by atoms with Gasteiger partial charge in [-0.2, -0.15) is 0 Å². The predicted octanol–water partition coefficient (Wildman–Crippen LogP) is 1.38. The molecule has 0 radical (unpaired) electrons. The van der Waals surface area contributed by atoms with E-state index in [1.165, 1.54) is 0 Å². The number of carbonyl (C=O) groups excluding carboxylic acids is 1. The summed E-state index contributed by atoms with van der Waals surface area (Å²) in [5, 5.41) is 15.4. The summed E-state index contributed by atoms with van der Waals surface area (Å²) in [7, 11) is 0. The van der Waals surface area contributed by atoms with Crippen LogP contribution in [-0.2, 0) is 9.59 Å². The molecule has 1 heterocycles.